The van der Waals surface area contributed by atoms with Crippen LogP contribution in [0, 0.1) is 0 Å². The number of hydrazine groups is 1. The Hall–Kier alpha value is -0.600. The summed E-state index contributed by atoms with van der Waals surface area (Å²) in [5, 5.41) is 1.98. The quantitative estimate of drug-likeness (QED) is 0.262. The molecule has 0 aromatic heterocycles. The van der Waals surface area contributed by atoms with E-state index in [1.807, 2.05) is 23.8 Å². The van der Waals surface area contributed by atoms with Crippen LogP contribution < -0.4 is 0 Å². The molecule has 0 spiro atoms. The van der Waals surface area contributed by atoms with Crippen molar-refractivity contribution in [3.63, 3.8) is 0 Å². The molecule has 1 saturated heterocycles. The predicted octanol–water partition coefficient (Wildman–Crippen LogP) is 2.85. The van der Waals surface area contributed by atoms with E-state index in [0.29, 0.717) is 0 Å². The van der Waals surface area contributed by atoms with Crippen molar-refractivity contribution in [1.29, 1.82) is 0 Å². The van der Waals surface area contributed by atoms with Crippen LogP contribution in [0.15, 0.2) is 0 Å². The summed E-state index contributed by atoms with van der Waals surface area (Å²) in [6.07, 6.45) is 0. The molecule has 0 bridgehead atoms. The van der Waals surface area contributed by atoms with Gasteiger partial charge in [0, 0.05) is 13.1 Å². The molecular weight excluding hydrogens is 299 g/mol. The third kappa shape index (κ3) is 17.4. The molecule has 0 aliphatic carbocycles. The minimum atomic E-state index is -10.7. The molecule has 19 heavy (non-hydrogen) atoms. The number of hydrogen-bond acceptors (Lipinski definition) is 3. The number of halogens is 6. The van der Waals surface area contributed by atoms with E-state index in [0.717, 1.165) is 33.0 Å². The van der Waals surface area contributed by atoms with Crippen LogP contribution in [0.3, 0.4) is 0 Å². The molecule has 118 valence electrons. The zero-order valence-corrected chi connectivity index (χ0v) is 11.6. The van der Waals surface area contributed by atoms with Crippen LogP contribution in [0.5, 0.6) is 0 Å². The van der Waals surface area contributed by atoms with Gasteiger partial charge in [-0.05, 0) is 0 Å². The SMILES string of the molecule is C=[N+](CN1CCOCC1)N(C)C.F[P-](F)(F)(F)(F)F. The first-order valence-corrected chi connectivity index (χ1v) is 7.30. The van der Waals surface area contributed by atoms with Gasteiger partial charge in [-0.2, -0.15) is 5.01 Å². The van der Waals surface area contributed by atoms with Crippen LogP contribution in [0.4, 0.5) is 25.2 Å². The zero-order valence-electron chi connectivity index (χ0n) is 10.7. The van der Waals surface area contributed by atoms with Crippen molar-refractivity contribution in [2.45, 2.75) is 0 Å². The average Bonchev–Trinajstić information content (AvgIpc) is 2.14. The maximum atomic E-state index is 9.87. The first-order chi connectivity index (χ1) is 8.15. The molecule has 1 aliphatic heterocycles. The first kappa shape index (κ1) is 18.4. The molecule has 1 heterocycles. The molecule has 1 rings (SSSR count). The predicted molar refractivity (Wildman–Crippen MR) is 61.9 cm³/mol. The molecule has 0 radical (unpaired) electrons. The second kappa shape index (κ2) is 5.41. The Balaban J connectivity index is 0.000000399. The van der Waals surface area contributed by atoms with Crippen LogP contribution in [0.25, 0.3) is 0 Å². The molecule has 1 aliphatic rings. The molecule has 0 aromatic carbocycles. The minimum absolute atomic E-state index is 0.848. The van der Waals surface area contributed by atoms with Gasteiger partial charge >= 0.3 is 33.0 Å². The molecule has 1 fully saturated rings. The first-order valence-electron chi connectivity index (χ1n) is 5.27. The van der Waals surface area contributed by atoms with Gasteiger partial charge in [-0.1, -0.05) is 0 Å². The second-order valence-electron chi connectivity index (χ2n) is 4.18. The maximum absolute atomic E-state index is 10.7. The van der Waals surface area contributed by atoms with E-state index < -0.39 is 7.81 Å². The van der Waals surface area contributed by atoms with Crippen molar-refractivity contribution in [2.75, 3.05) is 47.1 Å². The average molecular weight is 317 g/mol. The number of nitrogens with zero attached hydrogens (tertiary/aromatic N) is 3. The van der Waals surface area contributed by atoms with Crippen LogP contribution in [0.1, 0.15) is 0 Å². The molecule has 0 amide bonds. The van der Waals surface area contributed by atoms with Gasteiger partial charge in [-0.15, -0.1) is 4.68 Å². The summed E-state index contributed by atoms with van der Waals surface area (Å²) < 4.78 is 66.4. The van der Waals surface area contributed by atoms with Crippen molar-refractivity contribution >= 4 is 14.5 Å². The van der Waals surface area contributed by atoms with E-state index in [1.165, 1.54) is 0 Å². The summed E-state index contributed by atoms with van der Waals surface area (Å²) in [5.74, 6) is 0. The summed E-state index contributed by atoms with van der Waals surface area (Å²) in [6.45, 7) is 8.52. The van der Waals surface area contributed by atoms with Gasteiger partial charge < -0.3 is 4.74 Å². The van der Waals surface area contributed by atoms with Gasteiger partial charge in [0.25, 0.3) is 0 Å². The normalized spacial score (nSPS) is 20.6. The monoisotopic (exact) mass is 317 g/mol. The van der Waals surface area contributed by atoms with Crippen LogP contribution >= 0.6 is 7.81 Å². The Morgan fingerprint density at radius 2 is 1.47 bits per heavy atom. The van der Waals surface area contributed by atoms with Crippen LogP contribution in [0.2, 0.25) is 0 Å². The van der Waals surface area contributed by atoms with Crippen LogP contribution in [-0.4, -0.2) is 68.4 Å². The number of hydrogen-bond donors (Lipinski definition) is 0. The molecule has 0 N–H and O–H groups in total. The molecule has 4 nitrogen and oxygen atoms in total. The van der Waals surface area contributed by atoms with E-state index in [4.69, 9.17) is 4.74 Å². The van der Waals surface area contributed by atoms with Crippen molar-refractivity contribution in [3.8, 4) is 0 Å². The molecule has 0 aromatic rings. The van der Waals surface area contributed by atoms with E-state index in [9.17, 15) is 25.2 Å². The van der Waals surface area contributed by atoms with Gasteiger partial charge in [0.15, 0.2) is 6.72 Å². The molecule has 11 heteroatoms. The number of morpholine rings is 1. The molecule has 0 saturated carbocycles. The zero-order chi connectivity index (χ0) is 15.4. The fourth-order valence-electron chi connectivity index (χ4n) is 1.10. The standard InChI is InChI=1S/C8H18N3O.F6P/c1-9(2)10(3)8-11-4-6-12-7-5-11;1-7(2,3,4,5)6/h3-8H2,1-2H3;/q+1;-1. The summed E-state index contributed by atoms with van der Waals surface area (Å²) in [7, 11) is -6.67. The van der Waals surface area contributed by atoms with Crippen molar-refractivity contribution in [1.82, 2.24) is 9.91 Å². The van der Waals surface area contributed by atoms with Gasteiger partial charge in [0.05, 0.1) is 27.3 Å². The van der Waals surface area contributed by atoms with Crippen molar-refractivity contribution in [3.05, 3.63) is 0 Å². The molecular formula is C8H18F6N3OP. The second-order valence-corrected chi connectivity index (χ2v) is 6.10. The van der Waals surface area contributed by atoms with Crippen molar-refractivity contribution < 1.29 is 34.6 Å². The summed E-state index contributed by atoms with van der Waals surface area (Å²) in [4.78, 5) is 2.33. The van der Waals surface area contributed by atoms with Crippen molar-refractivity contribution in [2.24, 2.45) is 0 Å². The van der Waals surface area contributed by atoms with Gasteiger partial charge in [0.1, 0.15) is 0 Å². The fourth-order valence-corrected chi connectivity index (χ4v) is 1.10. The molecule has 0 unspecified atom stereocenters. The summed E-state index contributed by atoms with van der Waals surface area (Å²) in [6, 6.07) is 0. The Kier molecular flexibility index (Phi) is 5.24. The van der Waals surface area contributed by atoms with Gasteiger partial charge in [-0.3, -0.25) is 0 Å². The Morgan fingerprint density at radius 3 is 1.79 bits per heavy atom. The Bertz CT molecular complexity index is 299. The molecule has 0 atom stereocenters. The third-order valence-electron chi connectivity index (χ3n) is 2.03. The Morgan fingerprint density at radius 1 is 1.11 bits per heavy atom. The van der Waals surface area contributed by atoms with E-state index in [2.05, 4.69) is 11.6 Å². The van der Waals surface area contributed by atoms with E-state index >= 15 is 0 Å². The van der Waals surface area contributed by atoms with Gasteiger partial charge in [0.2, 0.25) is 6.67 Å². The fraction of sp³-hybridized carbons (Fsp3) is 0.875. The number of rotatable bonds is 3. The number of hydrazone groups is 1. The van der Waals surface area contributed by atoms with E-state index in [1.54, 1.807) is 0 Å². The topological polar surface area (TPSA) is 18.7 Å². The van der Waals surface area contributed by atoms with Crippen LogP contribution in [-0.2, 0) is 4.74 Å². The Labute approximate surface area is 107 Å². The van der Waals surface area contributed by atoms with E-state index in [-0.39, 0.29) is 0 Å². The third-order valence-corrected chi connectivity index (χ3v) is 2.03. The summed E-state index contributed by atoms with van der Waals surface area (Å²) >= 11 is 0. The summed E-state index contributed by atoms with van der Waals surface area (Å²) in [5.41, 5.74) is 0. The number of ether oxygens (including phenoxy) is 1. The van der Waals surface area contributed by atoms with Gasteiger partial charge in [-0.25, -0.2) is 4.90 Å².